The fourth-order valence-corrected chi connectivity index (χ4v) is 0.123. The zero-order valence-corrected chi connectivity index (χ0v) is 6.88. The highest BCUT2D eigenvalue weighted by Gasteiger charge is 1.93. The van der Waals surface area contributed by atoms with Crippen LogP contribution in [0.4, 0.5) is 0 Å². The lowest BCUT2D eigenvalue weighted by molar-refractivity contribution is -0.132. The van der Waals surface area contributed by atoms with E-state index in [0.29, 0.717) is 5.57 Å². The summed E-state index contributed by atoms with van der Waals surface area (Å²) in [6, 6.07) is 0. The van der Waals surface area contributed by atoms with Gasteiger partial charge in [-0.2, -0.15) is 0 Å². The zero-order valence-electron chi connectivity index (χ0n) is 5.25. The second-order valence-corrected chi connectivity index (χ2v) is 1.28. The third kappa shape index (κ3) is 7.79. The highest BCUT2D eigenvalue weighted by Crippen LogP contribution is 1.87. The molecule has 0 aliphatic carbocycles. The van der Waals surface area contributed by atoms with Crippen LogP contribution < -0.4 is 0 Å². The van der Waals surface area contributed by atoms with Crippen molar-refractivity contribution in [1.82, 2.24) is 0 Å². The van der Waals surface area contributed by atoms with Gasteiger partial charge in [0.25, 0.3) is 0 Å². The van der Waals surface area contributed by atoms with Crippen LogP contribution >= 0.6 is 24.8 Å². The van der Waals surface area contributed by atoms with Gasteiger partial charge in [-0.05, 0) is 13.8 Å². The van der Waals surface area contributed by atoms with Crippen molar-refractivity contribution in [2.45, 2.75) is 13.8 Å². The van der Waals surface area contributed by atoms with Gasteiger partial charge in [-0.25, -0.2) is 4.79 Å². The maximum Gasteiger partial charge on any atom is 0.330 e. The number of carbonyl (C=O) groups is 1. The predicted molar refractivity (Wildman–Crippen MR) is 41.6 cm³/mol. The van der Waals surface area contributed by atoms with Gasteiger partial charge in [0.2, 0.25) is 0 Å². The quantitative estimate of drug-likeness (QED) is 0.614. The monoisotopic (exact) mass is 172 g/mol. The van der Waals surface area contributed by atoms with E-state index in [4.69, 9.17) is 5.11 Å². The average molecular weight is 173 g/mol. The van der Waals surface area contributed by atoms with Crippen molar-refractivity contribution < 1.29 is 9.90 Å². The number of aliphatic carboxylic acids is 1. The molecule has 9 heavy (non-hydrogen) atoms. The summed E-state index contributed by atoms with van der Waals surface area (Å²) >= 11 is 0. The van der Waals surface area contributed by atoms with Crippen LogP contribution in [0.3, 0.4) is 0 Å². The molecule has 2 nitrogen and oxygen atoms in total. The Labute approximate surface area is 66.8 Å². The molecule has 0 amide bonds. The number of allylic oxidation sites excluding steroid dienone is 1. The summed E-state index contributed by atoms with van der Waals surface area (Å²) in [6.45, 7) is 3.26. The number of hydrogen-bond donors (Lipinski definition) is 1. The van der Waals surface area contributed by atoms with Crippen LogP contribution in [0.2, 0.25) is 0 Å². The molecule has 1 N–H and O–H groups in total. The van der Waals surface area contributed by atoms with Crippen molar-refractivity contribution in [2.24, 2.45) is 0 Å². The Hall–Kier alpha value is -0.210. The van der Waals surface area contributed by atoms with Crippen molar-refractivity contribution >= 4 is 30.8 Å². The Bertz CT molecular complexity index is 110. The van der Waals surface area contributed by atoms with E-state index in [1.165, 1.54) is 0 Å². The van der Waals surface area contributed by atoms with Crippen molar-refractivity contribution in [2.75, 3.05) is 0 Å². The second kappa shape index (κ2) is 7.79. The van der Waals surface area contributed by atoms with Crippen molar-refractivity contribution in [1.29, 1.82) is 0 Å². The Kier molecular flexibility index (Phi) is 13.8. The predicted octanol–water partition coefficient (Wildman–Crippen LogP) is 1.88. The molecule has 0 bridgehead atoms. The summed E-state index contributed by atoms with van der Waals surface area (Å²) in [6.07, 6.45) is 1.56. The van der Waals surface area contributed by atoms with Crippen LogP contribution in [-0.2, 0) is 4.79 Å². The highest BCUT2D eigenvalue weighted by atomic mass is 35.5. The minimum atomic E-state index is -0.845. The first-order valence-corrected chi connectivity index (χ1v) is 2.04. The van der Waals surface area contributed by atoms with E-state index >= 15 is 0 Å². The second-order valence-electron chi connectivity index (χ2n) is 1.28. The van der Waals surface area contributed by atoms with E-state index in [0.717, 1.165) is 0 Å². The third-order valence-electron chi connectivity index (χ3n) is 0.770. The van der Waals surface area contributed by atoms with Crippen molar-refractivity contribution in [3.05, 3.63) is 11.6 Å². The van der Waals surface area contributed by atoms with Gasteiger partial charge in [0.1, 0.15) is 0 Å². The number of carboxylic acids is 1. The summed E-state index contributed by atoms with van der Waals surface area (Å²) in [7, 11) is 0. The zero-order chi connectivity index (χ0) is 5.86. The molecule has 0 radical (unpaired) electrons. The van der Waals surface area contributed by atoms with E-state index < -0.39 is 5.97 Å². The van der Waals surface area contributed by atoms with Crippen LogP contribution in [0.15, 0.2) is 11.6 Å². The van der Waals surface area contributed by atoms with E-state index in [2.05, 4.69) is 0 Å². The first kappa shape index (κ1) is 15.9. The lowest BCUT2D eigenvalue weighted by Gasteiger charge is -1.84. The topological polar surface area (TPSA) is 37.3 Å². The first-order valence-electron chi connectivity index (χ1n) is 2.04. The van der Waals surface area contributed by atoms with Gasteiger partial charge in [0.15, 0.2) is 0 Å². The van der Waals surface area contributed by atoms with Crippen LogP contribution in [0, 0.1) is 0 Å². The lowest BCUT2D eigenvalue weighted by atomic mass is 10.3. The van der Waals surface area contributed by atoms with Gasteiger partial charge in [0.05, 0.1) is 0 Å². The molecule has 0 aliphatic rings. The molecule has 0 atom stereocenters. The molecule has 0 spiro atoms. The van der Waals surface area contributed by atoms with Crippen molar-refractivity contribution in [3.8, 4) is 0 Å². The standard InChI is InChI=1S/C5H8O2.2ClH/c1-3-4(2)5(6)7;;/h3H,1-2H3,(H,6,7);2*1H. The SMILES string of the molecule is CC=C(C)C(=O)O.Cl.Cl. The summed E-state index contributed by atoms with van der Waals surface area (Å²) in [4.78, 5) is 9.86. The molecular weight excluding hydrogens is 163 g/mol. The first-order chi connectivity index (χ1) is 3.18. The minimum Gasteiger partial charge on any atom is -0.478 e. The summed E-state index contributed by atoms with van der Waals surface area (Å²) in [5.41, 5.74) is 0.389. The number of hydrogen-bond acceptors (Lipinski definition) is 1. The Balaban J connectivity index is -0.000000180. The normalized spacial score (nSPS) is 8.89. The van der Waals surface area contributed by atoms with Crippen molar-refractivity contribution in [3.63, 3.8) is 0 Å². The molecule has 0 fully saturated rings. The number of halogens is 2. The van der Waals surface area contributed by atoms with E-state index in [1.54, 1.807) is 19.9 Å². The molecule has 0 aromatic rings. The molecule has 0 aromatic heterocycles. The Morgan fingerprint density at radius 2 is 1.78 bits per heavy atom. The Morgan fingerprint density at radius 3 is 1.78 bits per heavy atom. The van der Waals surface area contributed by atoms with E-state index in [1.807, 2.05) is 0 Å². The van der Waals surface area contributed by atoms with Gasteiger partial charge < -0.3 is 5.11 Å². The van der Waals surface area contributed by atoms with Gasteiger partial charge in [-0.15, -0.1) is 24.8 Å². The summed E-state index contributed by atoms with van der Waals surface area (Å²) < 4.78 is 0. The highest BCUT2D eigenvalue weighted by molar-refractivity contribution is 5.86. The molecule has 0 saturated heterocycles. The van der Waals surface area contributed by atoms with Crippen LogP contribution in [-0.4, -0.2) is 11.1 Å². The van der Waals surface area contributed by atoms with E-state index in [-0.39, 0.29) is 24.8 Å². The molecule has 4 heteroatoms. The van der Waals surface area contributed by atoms with Crippen LogP contribution in [0.25, 0.3) is 0 Å². The third-order valence-corrected chi connectivity index (χ3v) is 0.770. The molecule has 0 rings (SSSR count). The van der Waals surface area contributed by atoms with Crippen LogP contribution in [0.1, 0.15) is 13.8 Å². The van der Waals surface area contributed by atoms with Gasteiger partial charge >= 0.3 is 5.97 Å². The summed E-state index contributed by atoms with van der Waals surface area (Å²) in [5.74, 6) is -0.845. The fourth-order valence-electron chi connectivity index (χ4n) is 0.123. The fraction of sp³-hybridized carbons (Fsp3) is 0.400. The molecule has 0 unspecified atom stereocenters. The molecule has 0 heterocycles. The average Bonchev–Trinajstić information content (AvgIpc) is 1.65. The minimum absolute atomic E-state index is 0. The summed E-state index contributed by atoms with van der Waals surface area (Å²) in [5, 5.41) is 8.11. The Morgan fingerprint density at radius 1 is 1.44 bits per heavy atom. The van der Waals surface area contributed by atoms with Gasteiger partial charge in [-0.3, -0.25) is 0 Å². The number of rotatable bonds is 1. The molecule has 0 saturated carbocycles. The maximum absolute atomic E-state index is 9.86. The van der Waals surface area contributed by atoms with E-state index in [9.17, 15) is 4.79 Å². The lowest BCUT2D eigenvalue weighted by Crippen LogP contribution is -1.93. The van der Waals surface area contributed by atoms with Gasteiger partial charge in [-0.1, -0.05) is 6.08 Å². The maximum atomic E-state index is 9.86. The van der Waals surface area contributed by atoms with Crippen LogP contribution in [0.5, 0.6) is 0 Å². The number of carboxylic acid groups (broad SMARTS) is 1. The molecular formula is C5H10Cl2O2. The molecule has 56 valence electrons. The van der Waals surface area contributed by atoms with Gasteiger partial charge in [0, 0.05) is 5.57 Å². The molecule has 0 aliphatic heterocycles. The smallest absolute Gasteiger partial charge is 0.330 e. The largest absolute Gasteiger partial charge is 0.478 e. The molecule has 0 aromatic carbocycles.